The summed E-state index contributed by atoms with van der Waals surface area (Å²) in [6, 6.07) is 10.5. The van der Waals surface area contributed by atoms with Crippen molar-refractivity contribution in [1.29, 1.82) is 0 Å². The summed E-state index contributed by atoms with van der Waals surface area (Å²) in [5.74, 6) is 1.53. The molecule has 21 heavy (non-hydrogen) atoms. The predicted octanol–water partition coefficient (Wildman–Crippen LogP) is 3.96. The molecule has 2 bridgehead atoms. The van der Waals surface area contributed by atoms with Gasteiger partial charge in [-0.25, -0.2) is 4.98 Å². The van der Waals surface area contributed by atoms with Crippen molar-refractivity contribution in [3.8, 4) is 0 Å². The Morgan fingerprint density at radius 2 is 1.86 bits per heavy atom. The van der Waals surface area contributed by atoms with Gasteiger partial charge >= 0.3 is 0 Å². The molecule has 0 aliphatic carbocycles. The number of hydrogen-bond acceptors (Lipinski definition) is 2. The third kappa shape index (κ3) is 2.18. The van der Waals surface area contributed by atoms with Gasteiger partial charge in [-0.2, -0.15) is 0 Å². The molecule has 2 saturated heterocycles. The standard InChI is InChI=1S/C17H22ClN3/c1-20-12-5-4-6-13(20)10-14(9-12)21-16-8-3-2-7-15(16)19-17(21)11-18/h2-3,7-8,12-14H,4-6,9-11H2,1H3. The van der Waals surface area contributed by atoms with Crippen LogP contribution in [0.4, 0.5) is 0 Å². The molecule has 2 fully saturated rings. The lowest BCUT2D eigenvalue weighted by Gasteiger charge is -2.47. The van der Waals surface area contributed by atoms with Crippen LogP contribution in [0, 0.1) is 0 Å². The highest BCUT2D eigenvalue weighted by atomic mass is 35.5. The van der Waals surface area contributed by atoms with E-state index in [0.717, 1.165) is 23.4 Å². The zero-order valence-corrected chi connectivity index (χ0v) is 13.3. The van der Waals surface area contributed by atoms with Gasteiger partial charge in [-0.05, 0) is 44.9 Å². The average Bonchev–Trinajstić information content (AvgIpc) is 2.85. The van der Waals surface area contributed by atoms with Gasteiger partial charge in [0.2, 0.25) is 0 Å². The summed E-state index contributed by atoms with van der Waals surface area (Å²) in [6.07, 6.45) is 6.53. The number of piperidine rings is 2. The first-order chi connectivity index (χ1) is 10.3. The van der Waals surface area contributed by atoms with Gasteiger partial charge < -0.3 is 9.47 Å². The van der Waals surface area contributed by atoms with E-state index in [0.29, 0.717) is 11.9 Å². The van der Waals surface area contributed by atoms with Crippen LogP contribution < -0.4 is 0 Å². The van der Waals surface area contributed by atoms with E-state index in [1.165, 1.54) is 37.6 Å². The second kappa shape index (κ2) is 5.29. The molecule has 2 aromatic rings. The Morgan fingerprint density at radius 3 is 2.57 bits per heavy atom. The molecule has 3 heterocycles. The van der Waals surface area contributed by atoms with E-state index < -0.39 is 0 Å². The van der Waals surface area contributed by atoms with Gasteiger partial charge in [-0.15, -0.1) is 11.6 Å². The summed E-state index contributed by atoms with van der Waals surface area (Å²) in [7, 11) is 2.30. The van der Waals surface area contributed by atoms with Crippen molar-refractivity contribution in [3.05, 3.63) is 30.1 Å². The van der Waals surface area contributed by atoms with Gasteiger partial charge in [0.15, 0.2) is 0 Å². The first-order valence-electron chi connectivity index (χ1n) is 8.01. The summed E-state index contributed by atoms with van der Waals surface area (Å²) < 4.78 is 2.43. The minimum absolute atomic E-state index is 0.496. The number of hydrogen-bond donors (Lipinski definition) is 0. The normalized spacial score (nSPS) is 29.9. The van der Waals surface area contributed by atoms with Gasteiger partial charge in [0.1, 0.15) is 5.82 Å². The number of para-hydroxylation sites is 2. The Kier molecular flexibility index (Phi) is 3.43. The Bertz CT molecular complexity index is 637. The van der Waals surface area contributed by atoms with E-state index in [-0.39, 0.29) is 0 Å². The smallest absolute Gasteiger partial charge is 0.125 e. The molecule has 1 aromatic carbocycles. The summed E-state index contributed by atoms with van der Waals surface area (Å²) >= 11 is 6.18. The molecule has 2 aliphatic heterocycles. The molecular formula is C17H22ClN3. The largest absolute Gasteiger partial charge is 0.324 e. The quantitative estimate of drug-likeness (QED) is 0.783. The lowest BCUT2D eigenvalue weighted by atomic mass is 9.82. The van der Waals surface area contributed by atoms with Crippen molar-refractivity contribution >= 4 is 22.6 Å². The van der Waals surface area contributed by atoms with E-state index >= 15 is 0 Å². The van der Waals surface area contributed by atoms with Crippen molar-refractivity contribution in [3.63, 3.8) is 0 Å². The minimum atomic E-state index is 0.496. The summed E-state index contributed by atoms with van der Waals surface area (Å²) in [4.78, 5) is 7.35. The molecule has 3 nitrogen and oxygen atoms in total. The number of fused-ring (bicyclic) bond motifs is 3. The van der Waals surface area contributed by atoms with Gasteiger partial charge in [0, 0.05) is 18.1 Å². The average molecular weight is 304 g/mol. The first-order valence-corrected chi connectivity index (χ1v) is 8.55. The van der Waals surface area contributed by atoms with Crippen LogP contribution in [0.1, 0.15) is 44.0 Å². The lowest BCUT2D eigenvalue weighted by Crippen LogP contribution is -2.50. The van der Waals surface area contributed by atoms with E-state index in [1.54, 1.807) is 0 Å². The minimum Gasteiger partial charge on any atom is -0.324 e. The molecule has 1 aromatic heterocycles. The van der Waals surface area contributed by atoms with Gasteiger partial charge in [0.05, 0.1) is 16.9 Å². The third-order valence-corrected chi connectivity index (χ3v) is 5.71. The maximum atomic E-state index is 6.18. The fraction of sp³-hybridized carbons (Fsp3) is 0.588. The Hall–Kier alpha value is -1.06. The van der Waals surface area contributed by atoms with Crippen LogP contribution in [0.25, 0.3) is 11.0 Å². The van der Waals surface area contributed by atoms with Crippen molar-refractivity contribution in [2.75, 3.05) is 7.05 Å². The molecule has 4 heteroatoms. The fourth-order valence-electron chi connectivity index (χ4n) is 4.39. The first kappa shape index (κ1) is 13.6. The van der Waals surface area contributed by atoms with Crippen molar-refractivity contribution in [2.45, 2.75) is 56.1 Å². The van der Waals surface area contributed by atoms with Crippen LogP contribution >= 0.6 is 11.6 Å². The molecule has 0 radical (unpaired) electrons. The zero-order chi connectivity index (χ0) is 14.4. The Labute approximate surface area is 130 Å². The van der Waals surface area contributed by atoms with E-state index in [4.69, 9.17) is 16.6 Å². The van der Waals surface area contributed by atoms with Crippen LogP contribution in [-0.4, -0.2) is 33.6 Å². The molecule has 0 saturated carbocycles. The molecule has 0 amide bonds. The molecular weight excluding hydrogens is 282 g/mol. The van der Waals surface area contributed by atoms with Crippen LogP contribution in [0.5, 0.6) is 0 Å². The highest BCUT2D eigenvalue weighted by Gasteiger charge is 2.37. The fourth-order valence-corrected chi connectivity index (χ4v) is 4.58. The molecule has 112 valence electrons. The topological polar surface area (TPSA) is 21.1 Å². The van der Waals surface area contributed by atoms with Crippen LogP contribution in [0.3, 0.4) is 0 Å². The van der Waals surface area contributed by atoms with Gasteiger partial charge in [-0.1, -0.05) is 18.6 Å². The second-order valence-corrected chi connectivity index (χ2v) is 6.82. The number of imidazole rings is 1. The van der Waals surface area contributed by atoms with Crippen molar-refractivity contribution in [1.82, 2.24) is 14.5 Å². The molecule has 2 atom stereocenters. The lowest BCUT2D eigenvalue weighted by molar-refractivity contribution is 0.0404. The van der Waals surface area contributed by atoms with Crippen LogP contribution in [-0.2, 0) is 5.88 Å². The molecule has 0 spiro atoms. The number of alkyl halides is 1. The van der Waals surface area contributed by atoms with E-state index in [9.17, 15) is 0 Å². The van der Waals surface area contributed by atoms with E-state index in [1.807, 2.05) is 0 Å². The van der Waals surface area contributed by atoms with Gasteiger partial charge in [0.25, 0.3) is 0 Å². The number of halogens is 1. The zero-order valence-electron chi connectivity index (χ0n) is 12.5. The molecule has 4 rings (SSSR count). The summed E-state index contributed by atoms with van der Waals surface area (Å²) in [5, 5.41) is 0. The Morgan fingerprint density at radius 1 is 1.14 bits per heavy atom. The van der Waals surface area contributed by atoms with Gasteiger partial charge in [-0.3, -0.25) is 0 Å². The van der Waals surface area contributed by atoms with Crippen molar-refractivity contribution in [2.24, 2.45) is 0 Å². The van der Waals surface area contributed by atoms with Crippen LogP contribution in [0.15, 0.2) is 24.3 Å². The number of nitrogens with zero attached hydrogens (tertiary/aromatic N) is 3. The van der Waals surface area contributed by atoms with Crippen LogP contribution in [0.2, 0.25) is 0 Å². The monoisotopic (exact) mass is 303 g/mol. The summed E-state index contributed by atoms with van der Waals surface area (Å²) in [6.45, 7) is 0. The number of benzene rings is 1. The molecule has 0 N–H and O–H groups in total. The predicted molar refractivity (Wildman–Crippen MR) is 86.8 cm³/mol. The maximum absolute atomic E-state index is 6.18. The molecule has 2 aliphatic rings. The highest BCUT2D eigenvalue weighted by molar-refractivity contribution is 6.16. The third-order valence-electron chi connectivity index (χ3n) is 5.47. The highest BCUT2D eigenvalue weighted by Crippen LogP contribution is 2.40. The second-order valence-electron chi connectivity index (χ2n) is 6.55. The summed E-state index contributed by atoms with van der Waals surface area (Å²) in [5.41, 5.74) is 2.33. The SMILES string of the molecule is CN1C2CCCC1CC(n1c(CCl)nc3ccccc31)C2. The Balaban J connectivity index is 1.76. The molecule has 2 unspecified atom stereocenters. The van der Waals surface area contributed by atoms with E-state index in [2.05, 4.69) is 40.8 Å². The number of aromatic nitrogens is 2. The number of rotatable bonds is 2. The maximum Gasteiger partial charge on any atom is 0.125 e. The van der Waals surface area contributed by atoms with Crippen molar-refractivity contribution < 1.29 is 0 Å².